The van der Waals surface area contributed by atoms with Crippen LogP contribution in [0.5, 0.6) is 5.75 Å². The van der Waals surface area contributed by atoms with Crippen LogP contribution >= 0.6 is 0 Å². The fourth-order valence-electron chi connectivity index (χ4n) is 4.13. The molecule has 0 N–H and O–H groups in total. The van der Waals surface area contributed by atoms with Gasteiger partial charge in [-0.1, -0.05) is 42.5 Å². The van der Waals surface area contributed by atoms with Gasteiger partial charge in [0.15, 0.2) is 0 Å². The van der Waals surface area contributed by atoms with Crippen molar-refractivity contribution in [3.05, 3.63) is 102 Å². The average molecular weight is 426 g/mol. The van der Waals surface area contributed by atoms with Crippen LogP contribution in [0.1, 0.15) is 23.1 Å². The van der Waals surface area contributed by atoms with Crippen molar-refractivity contribution in [1.82, 2.24) is 4.98 Å². The summed E-state index contributed by atoms with van der Waals surface area (Å²) < 4.78 is 25.5. The number of pyridine rings is 1. The van der Waals surface area contributed by atoms with Crippen LogP contribution in [0, 0.1) is 12.7 Å². The molecule has 0 unspecified atom stereocenters. The van der Waals surface area contributed by atoms with Crippen molar-refractivity contribution < 1.29 is 13.9 Å². The summed E-state index contributed by atoms with van der Waals surface area (Å²) in [5, 5.41) is 1.02. The van der Waals surface area contributed by atoms with Gasteiger partial charge in [0.05, 0.1) is 18.7 Å². The number of aryl methyl sites for hydroxylation is 1. The number of ether oxygens (including phenoxy) is 2. The molecule has 0 saturated heterocycles. The number of rotatable bonds is 5. The maximum absolute atomic E-state index is 14.0. The molecule has 5 rings (SSSR count). The van der Waals surface area contributed by atoms with Gasteiger partial charge in [0.1, 0.15) is 18.2 Å². The minimum Gasteiger partial charge on any atom is -0.489 e. The Kier molecular flexibility index (Phi) is 5.70. The highest BCUT2D eigenvalue weighted by Gasteiger charge is 2.17. The van der Waals surface area contributed by atoms with Crippen molar-refractivity contribution in [2.75, 3.05) is 13.2 Å². The number of hydrogen-bond donors (Lipinski definition) is 0. The average Bonchev–Trinajstić information content (AvgIpc) is 2.85. The highest BCUT2D eigenvalue weighted by molar-refractivity contribution is 6.00. The van der Waals surface area contributed by atoms with Gasteiger partial charge in [-0.3, -0.25) is 4.98 Å². The van der Waals surface area contributed by atoms with Gasteiger partial charge < -0.3 is 9.47 Å². The molecule has 2 heterocycles. The molecule has 1 aliphatic heterocycles. The Bertz CT molecular complexity index is 1300. The van der Waals surface area contributed by atoms with E-state index in [1.54, 1.807) is 6.92 Å². The third-order valence-electron chi connectivity index (χ3n) is 5.84. The number of fused-ring (bicyclic) bond motifs is 1. The summed E-state index contributed by atoms with van der Waals surface area (Å²) >= 11 is 0. The maximum Gasteiger partial charge on any atom is 0.126 e. The minimum absolute atomic E-state index is 0.199. The molecule has 160 valence electrons. The van der Waals surface area contributed by atoms with Gasteiger partial charge in [-0.15, -0.1) is 0 Å². The van der Waals surface area contributed by atoms with E-state index in [0.717, 1.165) is 45.3 Å². The van der Waals surface area contributed by atoms with Gasteiger partial charge in [-0.2, -0.15) is 0 Å². The zero-order valence-corrected chi connectivity index (χ0v) is 18.0. The van der Waals surface area contributed by atoms with E-state index in [9.17, 15) is 4.39 Å². The number of halogens is 1. The van der Waals surface area contributed by atoms with Crippen LogP contribution in [0.15, 0.2) is 79.0 Å². The first-order valence-electron chi connectivity index (χ1n) is 10.8. The van der Waals surface area contributed by atoms with Crippen molar-refractivity contribution in [3.8, 4) is 16.9 Å². The quantitative estimate of drug-likeness (QED) is 0.355. The standard InChI is InChI=1S/C28H24FNO2/c1-19-15-22(7-10-26(19)29)28-24-9-8-23(32-18-20-5-3-2-4-6-20)16-27(24)30-17-25(28)21-11-13-31-14-12-21/h2-11,15-17H,12-14,18H2,1H3. The van der Waals surface area contributed by atoms with Gasteiger partial charge in [-0.05, 0) is 59.9 Å². The molecule has 3 aromatic carbocycles. The zero-order chi connectivity index (χ0) is 21.9. The van der Waals surface area contributed by atoms with Crippen LogP contribution in [-0.2, 0) is 11.3 Å². The smallest absolute Gasteiger partial charge is 0.126 e. The number of hydrogen-bond acceptors (Lipinski definition) is 3. The SMILES string of the molecule is Cc1cc(-c2c(C3=CCOCC3)cnc3cc(OCc4ccccc4)ccc23)ccc1F. The van der Waals surface area contributed by atoms with Crippen molar-refractivity contribution >= 4 is 16.5 Å². The molecule has 0 aliphatic carbocycles. The number of aromatic nitrogens is 1. The van der Waals surface area contributed by atoms with Gasteiger partial charge in [-0.25, -0.2) is 4.39 Å². The first-order chi connectivity index (χ1) is 15.7. The Labute approximate surface area is 187 Å². The highest BCUT2D eigenvalue weighted by Crippen LogP contribution is 2.38. The molecule has 0 radical (unpaired) electrons. The first kappa shape index (κ1) is 20.4. The van der Waals surface area contributed by atoms with Gasteiger partial charge in [0.25, 0.3) is 0 Å². The van der Waals surface area contributed by atoms with E-state index in [2.05, 4.69) is 12.1 Å². The van der Waals surface area contributed by atoms with E-state index < -0.39 is 0 Å². The fraction of sp³-hybridized carbons (Fsp3) is 0.179. The van der Waals surface area contributed by atoms with Gasteiger partial charge in [0.2, 0.25) is 0 Å². The Morgan fingerprint density at radius 1 is 1.03 bits per heavy atom. The predicted molar refractivity (Wildman–Crippen MR) is 126 cm³/mol. The second-order valence-corrected chi connectivity index (χ2v) is 8.02. The second kappa shape index (κ2) is 8.93. The summed E-state index contributed by atoms with van der Waals surface area (Å²) in [6, 6.07) is 21.4. The molecule has 0 spiro atoms. The van der Waals surface area contributed by atoms with E-state index in [1.807, 2.05) is 60.8 Å². The number of benzene rings is 3. The lowest BCUT2D eigenvalue weighted by Crippen LogP contribution is -2.05. The highest BCUT2D eigenvalue weighted by atomic mass is 19.1. The van der Waals surface area contributed by atoms with Crippen molar-refractivity contribution in [1.29, 1.82) is 0 Å². The first-order valence-corrected chi connectivity index (χ1v) is 10.8. The lowest BCUT2D eigenvalue weighted by Gasteiger charge is -2.19. The van der Waals surface area contributed by atoms with Gasteiger partial charge >= 0.3 is 0 Å². The number of nitrogens with zero attached hydrogens (tertiary/aromatic N) is 1. The third kappa shape index (κ3) is 4.14. The Morgan fingerprint density at radius 2 is 1.91 bits per heavy atom. The normalized spacial score (nSPS) is 13.8. The second-order valence-electron chi connectivity index (χ2n) is 8.02. The van der Waals surface area contributed by atoms with E-state index in [-0.39, 0.29) is 5.82 Å². The van der Waals surface area contributed by atoms with E-state index >= 15 is 0 Å². The molecule has 0 saturated carbocycles. The van der Waals surface area contributed by atoms with E-state index in [1.165, 1.54) is 11.6 Å². The van der Waals surface area contributed by atoms with Crippen LogP contribution in [0.3, 0.4) is 0 Å². The summed E-state index contributed by atoms with van der Waals surface area (Å²) in [6.07, 6.45) is 4.87. The molecule has 1 aromatic heterocycles. The third-order valence-corrected chi connectivity index (χ3v) is 5.84. The molecular formula is C28H24FNO2. The Hall–Kier alpha value is -3.50. The van der Waals surface area contributed by atoms with Crippen LogP contribution in [0.4, 0.5) is 4.39 Å². The Balaban J connectivity index is 1.59. The molecular weight excluding hydrogens is 401 g/mol. The van der Waals surface area contributed by atoms with Crippen molar-refractivity contribution in [2.45, 2.75) is 20.0 Å². The summed E-state index contributed by atoms with van der Waals surface area (Å²) in [5.41, 5.74) is 6.94. The van der Waals surface area contributed by atoms with E-state index in [4.69, 9.17) is 14.5 Å². The summed E-state index contributed by atoms with van der Waals surface area (Å²) in [7, 11) is 0. The lowest BCUT2D eigenvalue weighted by molar-refractivity contribution is 0.161. The molecule has 0 atom stereocenters. The molecule has 0 fully saturated rings. The zero-order valence-electron chi connectivity index (χ0n) is 18.0. The summed E-state index contributed by atoms with van der Waals surface area (Å²) in [4.78, 5) is 4.76. The molecule has 4 aromatic rings. The van der Waals surface area contributed by atoms with Crippen molar-refractivity contribution in [2.24, 2.45) is 0 Å². The summed E-state index contributed by atoms with van der Waals surface area (Å²) in [5.74, 6) is 0.573. The molecule has 1 aliphatic rings. The monoisotopic (exact) mass is 425 g/mol. The lowest BCUT2D eigenvalue weighted by atomic mass is 9.90. The Morgan fingerprint density at radius 3 is 2.69 bits per heavy atom. The molecule has 3 nitrogen and oxygen atoms in total. The van der Waals surface area contributed by atoms with Crippen molar-refractivity contribution in [3.63, 3.8) is 0 Å². The minimum atomic E-state index is -0.199. The van der Waals surface area contributed by atoms with Crippen LogP contribution in [-0.4, -0.2) is 18.2 Å². The molecule has 0 bridgehead atoms. The molecule has 4 heteroatoms. The van der Waals surface area contributed by atoms with E-state index in [0.29, 0.717) is 25.4 Å². The van der Waals surface area contributed by atoms with Crippen LogP contribution in [0.25, 0.3) is 27.6 Å². The molecule has 0 amide bonds. The predicted octanol–water partition coefficient (Wildman–Crippen LogP) is 6.73. The molecule has 32 heavy (non-hydrogen) atoms. The maximum atomic E-state index is 14.0. The van der Waals surface area contributed by atoms with Crippen LogP contribution in [0.2, 0.25) is 0 Å². The van der Waals surface area contributed by atoms with Gasteiger partial charge in [0, 0.05) is 28.8 Å². The topological polar surface area (TPSA) is 31.4 Å². The largest absolute Gasteiger partial charge is 0.489 e. The summed E-state index contributed by atoms with van der Waals surface area (Å²) in [6.45, 7) is 3.59. The van der Waals surface area contributed by atoms with Crippen LogP contribution < -0.4 is 4.74 Å². The fourth-order valence-corrected chi connectivity index (χ4v) is 4.13.